The smallest absolute Gasteiger partial charge is 0.201 e. The Morgan fingerprint density at radius 3 is 2.12 bits per heavy atom. The van der Waals surface area contributed by atoms with E-state index in [0.29, 0.717) is 12.5 Å². The molecular formula is C29H42F2O. The van der Waals surface area contributed by atoms with Crippen LogP contribution in [-0.4, -0.2) is 6.61 Å². The Kier molecular flexibility index (Phi) is 10.4. The topological polar surface area (TPSA) is 9.23 Å². The summed E-state index contributed by atoms with van der Waals surface area (Å²) < 4.78 is 33.4. The van der Waals surface area contributed by atoms with E-state index < -0.39 is 11.6 Å². The largest absolute Gasteiger partial charge is 0.491 e. The maximum Gasteiger partial charge on any atom is 0.201 e. The van der Waals surface area contributed by atoms with Crippen molar-refractivity contribution in [1.29, 1.82) is 0 Å². The Hall–Kier alpha value is -1.56. The Labute approximate surface area is 194 Å². The van der Waals surface area contributed by atoms with Crippen LogP contribution in [0.3, 0.4) is 0 Å². The lowest BCUT2D eigenvalue weighted by molar-refractivity contribution is 0.153. The van der Waals surface area contributed by atoms with Gasteiger partial charge in [0.2, 0.25) is 5.82 Å². The van der Waals surface area contributed by atoms with Gasteiger partial charge >= 0.3 is 0 Å². The standard InChI is InChI=1S/C29H42F2O/c1-3-5-6-7-8-9-22-10-15-24(16-11-22)25-17-12-23(13-18-25)14-19-26-20-21-27(32-4-2)29(31)28(26)30/h20-25H,3-13,15-18H2,1-2H3/t22-,23-,24-,25-. The fraction of sp³-hybridized carbons (Fsp3) is 0.724. The van der Waals surface area contributed by atoms with Gasteiger partial charge < -0.3 is 4.74 Å². The molecule has 0 aliphatic heterocycles. The van der Waals surface area contributed by atoms with Crippen LogP contribution < -0.4 is 4.74 Å². The highest BCUT2D eigenvalue weighted by Crippen LogP contribution is 2.42. The van der Waals surface area contributed by atoms with Crippen LogP contribution in [0.4, 0.5) is 8.78 Å². The van der Waals surface area contributed by atoms with E-state index in [4.69, 9.17) is 4.74 Å². The van der Waals surface area contributed by atoms with E-state index in [-0.39, 0.29) is 11.3 Å². The maximum atomic E-state index is 14.3. The molecule has 3 rings (SSSR count). The number of unbranched alkanes of at least 4 members (excludes halogenated alkanes) is 4. The summed E-state index contributed by atoms with van der Waals surface area (Å²) in [7, 11) is 0. The van der Waals surface area contributed by atoms with Crippen molar-refractivity contribution >= 4 is 0 Å². The number of rotatable bonds is 9. The van der Waals surface area contributed by atoms with Gasteiger partial charge in [-0.1, -0.05) is 70.1 Å². The molecule has 2 saturated carbocycles. The first kappa shape index (κ1) is 25.1. The fourth-order valence-corrected chi connectivity index (χ4v) is 5.79. The molecule has 2 aliphatic rings. The number of hydrogen-bond acceptors (Lipinski definition) is 1. The number of hydrogen-bond donors (Lipinski definition) is 0. The molecule has 1 nitrogen and oxygen atoms in total. The molecule has 1 aromatic rings. The van der Waals surface area contributed by atoms with Crippen molar-refractivity contribution in [3.63, 3.8) is 0 Å². The van der Waals surface area contributed by atoms with Gasteiger partial charge in [-0.05, 0) is 75.3 Å². The van der Waals surface area contributed by atoms with Crippen molar-refractivity contribution < 1.29 is 13.5 Å². The van der Waals surface area contributed by atoms with Crippen molar-refractivity contribution in [1.82, 2.24) is 0 Å². The molecule has 1 aromatic carbocycles. The van der Waals surface area contributed by atoms with Crippen molar-refractivity contribution in [2.24, 2.45) is 23.7 Å². The highest BCUT2D eigenvalue weighted by atomic mass is 19.2. The van der Waals surface area contributed by atoms with Crippen LogP contribution in [0, 0.1) is 47.1 Å². The van der Waals surface area contributed by atoms with Gasteiger partial charge in [0.1, 0.15) is 0 Å². The normalized spacial score (nSPS) is 25.8. The van der Waals surface area contributed by atoms with E-state index >= 15 is 0 Å². The summed E-state index contributed by atoms with van der Waals surface area (Å²) >= 11 is 0. The first-order chi connectivity index (χ1) is 15.6. The molecule has 0 saturated heterocycles. The second kappa shape index (κ2) is 13.2. The van der Waals surface area contributed by atoms with Gasteiger partial charge in [-0.15, -0.1) is 0 Å². The van der Waals surface area contributed by atoms with Crippen molar-refractivity contribution in [2.75, 3.05) is 6.61 Å². The third-order valence-corrected chi connectivity index (χ3v) is 7.80. The molecule has 0 radical (unpaired) electrons. The third-order valence-electron chi connectivity index (χ3n) is 7.80. The Morgan fingerprint density at radius 1 is 0.812 bits per heavy atom. The van der Waals surface area contributed by atoms with E-state index in [9.17, 15) is 8.78 Å². The third kappa shape index (κ3) is 7.23. The Morgan fingerprint density at radius 2 is 1.47 bits per heavy atom. The molecule has 0 atom stereocenters. The van der Waals surface area contributed by atoms with Gasteiger partial charge in [0.05, 0.1) is 12.2 Å². The summed E-state index contributed by atoms with van der Waals surface area (Å²) in [4.78, 5) is 0. The van der Waals surface area contributed by atoms with Gasteiger partial charge in [0.25, 0.3) is 0 Å². The van der Waals surface area contributed by atoms with E-state index in [1.54, 1.807) is 6.92 Å². The molecule has 0 aromatic heterocycles. The monoisotopic (exact) mass is 444 g/mol. The van der Waals surface area contributed by atoms with E-state index in [1.165, 1.54) is 89.2 Å². The molecule has 0 unspecified atom stereocenters. The summed E-state index contributed by atoms with van der Waals surface area (Å²) in [6, 6.07) is 3.01. The zero-order valence-corrected chi connectivity index (χ0v) is 20.2. The van der Waals surface area contributed by atoms with Crippen LogP contribution in [0.1, 0.15) is 109 Å². The van der Waals surface area contributed by atoms with Crippen LogP contribution in [0.25, 0.3) is 0 Å². The minimum atomic E-state index is -0.932. The molecule has 2 aliphatic carbocycles. The predicted molar refractivity (Wildman–Crippen MR) is 129 cm³/mol. The predicted octanol–water partition coefficient (Wildman–Crippen LogP) is 8.69. The zero-order chi connectivity index (χ0) is 22.8. The molecule has 32 heavy (non-hydrogen) atoms. The van der Waals surface area contributed by atoms with Crippen molar-refractivity contribution in [3.05, 3.63) is 29.3 Å². The molecule has 0 heterocycles. The van der Waals surface area contributed by atoms with Gasteiger partial charge in [0.15, 0.2) is 11.6 Å². The zero-order valence-electron chi connectivity index (χ0n) is 20.2. The summed E-state index contributed by atoms with van der Waals surface area (Å²) in [5, 5.41) is 0. The van der Waals surface area contributed by atoms with Gasteiger partial charge in [-0.2, -0.15) is 4.39 Å². The maximum absolute atomic E-state index is 14.3. The van der Waals surface area contributed by atoms with Crippen molar-refractivity contribution in [2.45, 2.75) is 104 Å². The summed E-state index contributed by atoms with van der Waals surface area (Å²) in [5.74, 6) is 7.30. The number of benzene rings is 1. The highest BCUT2D eigenvalue weighted by molar-refractivity contribution is 5.41. The van der Waals surface area contributed by atoms with E-state index in [2.05, 4.69) is 18.8 Å². The average Bonchev–Trinajstić information content (AvgIpc) is 2.82. The Bertz CT molecular complexity index is 746. The van der Waals surface area contributed by atoms with Crippen LogP contribution in [0.15, 0.2) is 12.1 Å². The first-order valence-electron chi connectivity index (χ1n) is 13.2. The summed E-state index contributed by atoms with van der Waals surface area (Å²) in [6.45, 7) is 4.35. The molecule has 0 bridgehead atoms. The van der Waals surface area contributed by atoms with E-state index in [0.717, 1.165) is 30.6 Å². The van der Waals surface area contributed by atoms with Crippen molar-refractivity contribution in [3.8, 4) is 17.6 Å². The number of halogens is 2. The highest BCUT2D eigenvalue weighted by Gasteiger charge is 2.30. The molecule has 178 valence electrons. The van der Waals surface area contributed by atoms with Gasteiger partial charge in [-0.25, -0.2) is 4.39 Å². The quantitative estimate of drug-likeness (QED) is 0.273. The SMILES string of the molecule is CCCCCCC[C@H]1CC[C@H]([C@H]2CC[C@H](C#Cc3ccc(OCC)c(F)c3F)CC2)CC1. The summed E-state index contributed by atoms with van der Waals surface area (Å²) in [6.07, 6.45) is 18.8. The molecule has 0 spiro atoms. The Balaban J connectivity index is 1.40. The first-order valence-corrected chi connectivity index (χ1v) is 13.2. The van der Waals surface area contributed by atoms with Crippen LogP contribution >= 0.6 is 0 Å². The minimum absolute atomic E-state index is 0.0396. The molecule has 3 heteroatoms. The lowest BCUT2D eigenvalue weighted by Crippen LogP contribution is -2.25. The number of ether oxygens (including phenoxy) is 1. The second-order valence-electron chi connectivity index (χ2n) is 10.0. The molecule has 0 N–H and O–H groups in total. The summed E-state index contributed by atoms with van der Waals surface area (Å²) in [5.41, 5.74) is 0.140. The molecule has 0 amide bonds. The van der Waals surface area contributed by atoms with Crippen LogP contribution in [0.2, 0.25) is 0 Å². The fourth-order valence-electron chi connectivity index (χ4n) is 5.79. The molecule has 2 fully saturated rings. The lowest BCUT2D eigenvalue weighted by atomic mass is 9.69. The van der Waals surface area contributed by atoms with Gasteiger partial charge in [0, 0.05) is 5.92 Å². The average molecular weight is 445 g/mol. The van der Waals surface area contributed by atoms with Gasteiger partial charge in [-0.3, -0.25) is 0 Å². The van der Waals surface area contributed by atoms with E-state index in [1.807, 2.05) is 0 Å². The minimum Gasteiger partial charge on any atom is -0.491 e. The molecular weight excluding hydrogens is 402 g/mol. The van der Waals surface area contributed by atoms with Crippen LogP contribution in [-0.2, 0) is 0 Å². The lowest BCUT2D eigenvalue weighted by Gasteiger charge is -2.37. The second-order valence-corrected chi connectivity index (χ2v) is 10.0. The van der Waals surface area contributed by atoms with Crippen LogP contribution in [0.5, 0.6) is 5.75 Å².